The van der Waals surface area contributed by atoms with Crippen LogP contribution in [0.2, 0.25) is 0 Å². The molecular weight excluding hydrogens is 387 g/mol. The molecule has 5 nitrogen and oxygen atoms in total. The minimum Gasteiger partial charge on any atom is -0.324 e. The maximum Gasteiger partial charge on any atom is 0.225 e. The van der Waals surface area contributed by atoms with Crippen molar-refractivity contribution in [2.24, 2.45) is 0 Å². The predicted octanol–water partition coefficient (Wildman–Crippen LogP) is 3.89. The van der Waals surface area contributed by atoms with Crippen LogP contribution < -0.4 is 5.32 Å². The van der Waals surface area contributed by atoms with Crippen LogP contribution in [0, 0.1) is 5.82 Å². The fraction of sp³-hybridized carbons (Fsp3) is 0.158. The van der Waals surface area contributed by atoms with E-state index in [1.165, 1.54) is 29.5 Å². The Balaban J connectivity index is 1.57. The van der Waals surface area contributed by atoms with Gasteiger partial charge in [0.15, 0.2) is 9.84 Å². The summed E-state index contributed by atoms with van der Waals surface area (Å²) in [4.78, 5) is 16.3. The summed E-state index contributed by atoms with van der Waals surface area (Å²) in [7, 11) is -3.51. The Kier molecular flexibility index (Phi) is 5.98. The second-order valence-corrected chi connectivity index (χ2v) is 8.92. The number of thiazole rings is 1. The number of carbonyl (C=O) groups excluding carboxylic acids is 1. The molecule has 0 spiro atoms. The van der Waals surface area contributed by atoms with Crippen molar-refractivity contribution in [3.05, 3.63) is 71.5 Å². The number of hydrogen-bond donors (Lipinski definition) is 1. The van der Waals surface area contributed by atoms with Crippen LogP contribution in [0.15, 0.2) is 60.0 Å². The summed E-state index contributed by atoms with van der Waals surface area (Å²) < 4.78 is 38.1. The lowest BCUT2D eigenvalue weighted by Gasteiger charge is -2.06. The highest BCUT2D eigenvalue weighted by atomic mass is 32.2. The van der Waals surface area contributed by atoms with Crippen molar-refractivity contribution in [2.45, 2.75) is 12.2 Å². The minimum atomic E-state index is -3.51. The molecule has 0 atom stereocenters. The molecule has 0 aliphatic rings. The lowest BCUT2D eigenvalue weighted by atomic mass is 10.2. The SMILES string of the molecule is O=C(CCS(=O)(=O)Cc1csc(-c2ccccc2)n1)Nc1ccccc1F. The van der Waals surface area contributed by atoms with Crippen molar-refractivity contribution >= 4 is 32.8 Å². The zero-order chi connectivity index (χ0) is 19.3. The van der Waals surface area contributed by atoms with E-state index in [2.05, 4.69) is 10.3 Å². The largest absolute Gasteiger partial charge is 0.324 e. The molecule has 8 heteroatoms. The molecule has 3 rings (SSSR count). The number of halogens is 1. The summed E-state index contributed by atoms with van der Waals surface area (Å²) in [5, 5.41) is 4.84. The van der Waals surface area contributed by atoms with E-state index in [0.29, 0.717) is 5.69 Å². The first-order valence-corrected chi connectivity index (χ1v) is 10.9. The summed E-state index contributed by atoms with van der Waals surface area (Å²) in [6.07, 6.45) is -0.244. The van der Waals surface area contributed by atoms with Crippen LogP contribution in [-0.2, 0) is 20.4 Å². The monoisotopic (exact) mass is 404 g/mol. The smallest absolute Gasteiger partial charge is 0.225 e. The number of carbonyl (C=O) groups is 1. The van der Waals surface area contributed by atoms with Gasteiger partial charge in [-0.25, -0.2) is 17.8 Å². The Morgan fingerprint density at radius 2 is 1.78 bits per heavy atom. The molecule has 0 saturated carbocycles. The van der Waals surface area contributed by atoms with Gasteiger partial charge in [0.2, 0.25) is 5.91 Å². The van der Waals surface area contributed by atoms with E-state index in [1.807, 2.05) is 30.3 Å². The van der Waals surface area contributed by atoms with Gasteiger partial charge in [-0.2, -0.15) is 0 Å². The van der Waals surface area contributed by atoms with Crippen molar-refractivity contribution < 1.29 is 17.6 Å². The molecule has 1 heterocycles. The Hall–Kier alpha value is -2.58. The molecule has 1 N–H and O–H groups in total. The molecule has 0 bridgehead atoms. The van der Waals surface area contributed by atoms with Gasteiger partial charge in [-0.3, -0.25) is 4.79 Å². The average Bonchev–Trinajstić information content (AvgIpc) is 3.11. The molecule has 0 aliphatic heterocycles. The number of sulfone groups is 1. The van der Waals surface area contributed by atoms with Crippen LogP contribution >= 0.6 is 11.3 Å². The van der Waals surface area contributed by atoms with E-state index >= 15 is 0 Å². The summed E-state index contributed by atoms with van der Waals surface area (Å²) in [5.41, 5.74) is 1.41. The van der Waals surface area contributed by atoms with Crippen LogP contribution in [0.4, 0.5) is 10.1 Å². The van der Waals surface area contributed by atoms with Crippen LogP contribution in [0.1, 0.15) is 12.1 Å². The van der Waals surface area contributed by atoms with Gasteiger partial charge in [0.1, 0.15) is 10.8 Å². The number of hydrogen-bond acceptors (Lipinski definition) is 5. The molecule has 3 aromatic rings. The summed E-state index contributed by atoms with van der Waals surface area (Å²) in [6, 6.07) is 15.2. The molecule has 0 radical (unpaired) electrons. The number of nitrogens with zero attached hydrogens (tertiary/aromatic N) is 1. The van der Waals surface area contributed by atoms with Crippen LogP contribution in [0.5, 0.6) is 0 Å². The van der Waals surface area contributed by atoms with Crippen molar-refractivity contribution in [1.82, 2.24) is 4.98 Å². The van der Waals surface area contributed by atoms with E-state index in [9.17, 15) is 17.6 Å². The normalized spacial score (nSPS) is 11.3. The second kappa shape index (κ2) is 8.41. The highest BCUT2D eigenvalue weighted by Crippen LogP contribution is 2.24. The third-order valence-electron chi connectivity index (χ3n) is 3.73. The molecular formula is C19H17FN2O3S2. The quantitative estimate of drug-likeness (QED) is 0.648. The Morgan fingerprint density at radius 1 is 1.07 bits per heavy atom. The van der Waals surface area contributed by atoms with E-state index in [1.54, 1.807) is 11.4 Å². The third-order valence-corrected chi connectivity index (χ3v) is 6.23. The highest BCUT2D eigenvalue weighted by Gasteiger charge is 2.17. The van der Waals surface area contributed by atoms with Crippen molar-refractivity contribution in [3.8, 4) is 10.6 Å². The van der Waals surface area contributed by atoms with Crippen molar-refractivity contribution in [3.63, 3.8) is 0 Å². The number of amides is 1. The Morgan fingerprint density at radius 3 is 2.52 bits per heavy atom. The van der Waals surface area contributed by atoms with Gasteiger partial charge in [0.25, 0.3) is 0 Å². The number of rotatable bonds is 7. The number of anilines is 1. The minimum absolute atomic E-state index is 0.0342. The molecule has 1 aromatic heterocycles. The van der Waals surface area contributed by atoms with E-state index in [-0.39, 0.29) is 23.6 Å². The number of nitrogens with one attached hydrogen (secondary N) is 1. The fourth-order valence-corrected chi connectivity index (χ4v) is 4.58. The predicted molar refractivity (Wildman–Crippen MR) is 105 cm³/mol. The van der Waals surface area contributed by atoms with Crippen LogP contribution in [0.3, 0.4) is 0 Å². The molecule has 0 fully saturated rings. The van der Waals surface area contributed by atoms with Gasteiger partial charge in [0.05, 0.1) is 22.9 Å². The average molecular weight is 404 g/mol. The van der Waals surface area contributed by atoms with E-state index in [4.69, 9.17) is 0 Å². The Bertz CT molecular complexity index is 1030. The topological polar surface area (TPSA) is 76.1 Å². The molecule has 0 unspecified atom stereocenters. The molecule has 0 saturated heterocycles. The zero-order valence-electron chi connectivity index (χ0n) is 14.3. The number of benzene rings is 2. The summed E-state index contributed by atoms with van der Waals surface area (Å²) in [6.45, 7) is 0. The molecule has 27 heavy (non-hydrogen) atoms. The standard InChI is InChI=1S/C19H17FN2O3S2/c20-16-8-4-5-9-17(16)22-18(23)10-11-27(24,25)13-15-12-26-19(21-15)14-6-2-1-3-7-14/h1-9,12H,10-11,13H2,(H,22,23). The maximum absolute atomic E-state index is 13.5. The number of aromatic nitrogens is 1. The van der Waals surface area contributed by atoms with Gasteiger partial charge in [-0.15, -0.1) is 11.3 Å². The molecule has 2 aromatic carbocycles. The lowest BCUT2D eigenvalue weighted by Crippen LogP contribution is -2.19. The fourth-order valence-electron chi connectivity index (χ4n) is 2.41. The second-order valence-electron chi connectivity index (χ2n) is 5.88. The Labute approximate surface area is 160 Å². The van der Waals surface area contributed by atoms with Crippen LogP contribution in [-0.4, -0.2) is 25.1 Å². The first-order chi connectivity index (χ1) is 12.9. The lowest BCUT2D eigenvalue weighted by molar-refractivity contribution is -0.115. The maximum atomic E-state index is 13.5. The van der Waals surface area contributed by atoms with E-state index in [0.717, 1.165) is 10.6 Å². The van der Waals surface area contributed by atoms with E-state index < -0.39 is 21.6 Å². The van der Waals surface area contributed by atoms with Gasteiger partial charge >= 0.3 is 0 Å². The molecule has 0 aliphatic carbocycles. The number of para-hydroxylation sites is 1. The third kappa shape index (κ3) is 5.45. The van der Waals surface area contributed by atoms with Crippen molar-refractivity contribution in [2.75, 3.05) is 11.1 Å². The van der Waals surface area contributed by atoms with Crippen molar-refractivity contribution in [1.29, 1.82) is 0 Å². The molecule has 1 amide bonds. The van der Waals surface area contributed by atoms with Crippen LogP contribution in [0.25, 0.3) is 10.6 Å². The van der Waals surface area contributed by atoms with Gasteiger partial charge in [0, 0.05) is 17.4 Å². The van der Waals surface area contributed by atoms with Gasteiger partial charge in [-0.1, -0.05) is 42.5 Å². The molecule has 140 valence electrons. The van der Waals surface area contributed by atoms with Gasteiger partial charge < -0.3 is 5.32 Å². The van der Waals surface area contributed by atoms with Gasteiger partial charge in [-0.05, 0) is 12.1 Å². The summed E-state index contributed by atoms with van der Waals surface area (Å²) in [5.74, 6) is -1.68. The highest BCUT2D eigenvalue weighted by molar-refractivity contribution is 7.90. The first-order valence-electron chi connectivity index (χ1n) is 8.17. The first kappa shape index (κ1) is 19.2. The summed E-state index contributed by atoms with van der Waals surface area (Å²) >= 11 is 1.37. The zero-order valence-corrected chi connectivity index (χ0v) is 15.9.